The van der Waals surface area contributed by atoms with Crippen LogP contribution < -0.4 is 10.2 Å². The molecule has 3 aromatic carbocycles. The fourth-order valence-electron chi connectivity index (χ4n) is 5.61. The number of anilines is 2. The van der Waals surface area contributed by atoms with E-state index in [1.165, 1.54) is 22.6 Å². The summed E-state index contributed by atoms with van der Waals surface area (Å²) >= 11 is 3.42. The molecule has 1 saturated heterocycles. The van der Waals surface area contributed by atoms with Gasteiger partial charge in [0.25, 0.3) is 5.91 Å². The van der Waals surface area contributed by atoms with E-state index >= 15 is 0 Å². The molecule has 0 aromatic heterocycles. The second kappa shape index (κ2) is 11.5. The number of halogens is 1. The Kier molecular flexibility index (Phi) is 7.93. The number of benzene rings is 3. The van der Waals surface area contributed by atoms with Gasteiger partial charge in [-0.25, -0.2) is 4.79 Å². The van der Waals surface area contributed by atoms with Gasteiger partial charge in [-0.05, 0) is 79.1 Å². The summed E-state index contributed by atoms with van der Waals surface area (Å²) in [4.78, 5) is 53.1. The van der Waals surface area contributed by atoms with Crippen LogP contribution in [0.2, 0.25) is 0 Å². The zero-order valence-electron chi connectivity index (χ0n) is 21.6. The maximum atomic E-state index is 13.4. The van der Waals surface area contributed by atoms with Crippen LogP contribution in [0.3, 0.4) is 0 Å². The third-order valence-electron chi connectivity index (χ3n) is 7.59. The van der Waals surface area contributed by atoms with Crippen molar-refractivity contribution in [2.45, 2.75) is 38.5 Å². The Morgan fingerprint density at radius 2 is 1.72 bits per heavy atom. The number of carbonyl (C=O) groups excluding carboxylic acids is 4. The van der Waals surface area contributed by atoms with Crippen molar-refractivity contribution in [2.75, 3.05) is 16.8 Å². The first kappa shape index (κ1) is 26.8. The SMILES string of the molecule is CCc1cc(Br)ccc1NC(=O)COC(=O)c1cccc(N2C(=O)[C@@H]3CC[C@H](c4ccccc4)C[C@H]3C2=O)c1. The number of ether oxygens (including phenoxy) is 1. The zero-order chi connectivity index (χ0) is 27.5. The number of aryl methyl sites for hydroxylation is 1. The first-order valence-corrected chi connectivity index (χ1v) is 13.9. The number of fused-ring (bicyclic) bond motifs is 1. The molecule has 8 heteroatoms. The molecule has 3 aromatic rings. The number of amides is 3. The zero-order valence-corrected chi connectivity index (χ0v) is 23.1. The summed E-state index contributed by atoms with van der Waals surface area (Å²) in [5.74, 6) is -2.09. The van der Waals surface area contributed by atoms with E-state index in [4.69, 9.17) is 4.74 Å². The Labute approximate surface area is 235 Å². The van der Waals surface area contributed by atoms with Gasteiger partial charge in [0.1, 0.15) is 0 Å². The molecule has 3 atom stereocenters. The van der Waals surface area contributed by atoms with E-state index in [1.54, 1.807) is 18.2 Å². The molecule has 5 rings (SSSR count). The molecule has 0 radical (unpaired) electrons. The molecule has 0 spiro atoms. The molecule has 1 aliphatic heterocycles. The van der Waals surface area contributed by atoms with Crippen LogP contribution in [0.25, 0.3) is 0 Å². The normalized spacial score (nSPS) is 20.5. The van der Waals surface area contributed by atoms with Gasteiger partial charge >= 0.3 is 5.97 Å². The lowest BCUT2D eigenvalue weighted by Crippen LogP contribution is -2.31. The van der Waals surface area contributed by atoms with E-state index in [0.717, 1.165) is 22.9 Å². The highest BCUT2D eigenvalue weighted by atomic mass is 79.9. The molecule has 1 aliphatic carbocycles. The number of rotatable bonds is 7. The minimum atomic E-state index is -0.709. The Morgan fingerprint density at radius 3 is 2.49 bits per heavy atom. The Morgan fingerprint density at radius 1 is 0.949 bits per heavy atom. The maximum absolute atomic E-state index is 13.4. The van der Waals surface area contributed by atoms with Gasteiger partial charge in [-0.15, -0.1) is 0 Å². The predicted molar refractivity (Wildman–Crippen MR) is 151 cm³/mol. The van der Waals surface area contributed by atoms with Gasteiger partial charge in [0, 0.05) is 10.2 Å². The summed E-state index contributed by atoms with van der Waals surface area (Å²) in [6, 6.07) is 21.9. The van der Waals surface area contributed by atoms with E-state index in [1.807, 2.05) is 37.3 Å². The van der Waals surface area contributed by atoms with Gasteiger partial charge in [-0.1, -0.05) is 59.3 Å². The molecule has 2 fully saturated rings. The average molecular weight is 589 g/mol. The second-order valence-corrected chi connectivity index (χ2v) is 10.9. The quantitative estimate of drug-likeness (QED) is 0.275. The molecule has 0 unspecified atom stereocenters. The number of nitrogens with zero attached hydrogens (tertiary/aromatic N) is 1. The van der Waals surface area contributed by atoms with Crippen LogP contribution in [0.15, 0.2) is 77.3 Å². The number of hydrogen-bond donors (Lipinski definition) is 1. The standard InChI is InChI=1S/C31H29BrN2O5/c1-2-19-15-23(32)12-14-27(19)33-28(35)18-39-31(38)22-9-6-10-24(16-22)34-29(36)25-13-11-21(17-26(25)30(34)37)20-7-4-3-5-8-20/h3-10,12,14-16,21,25-26H,2,11,13,17-18H2,1H3,(H,33,35)/t21-,25+,26+/m0/s1. The Balaban J connectivity index is 1.24. The second-order valence-electron chi connectivity index (χ2n) is 9.98. The average Bonchev–Trinajstić information content (AvgIpc) is 3.21. The van der Waals surface area contributed by atoms with Gasteiger partial charge in [0.2, 0.25) is 11.8 Å². The summed E-state index contributed by atoms with van der Waals surface area (Å²) in [7, 11) is 0. The van der Waals surface area contributed by atoms with Crippen molar-refractivity contribution in [3.05, 3.63) is 94.0 Å². The van der Waals surface area contributed by atoms with E-state index < -0.39 is 18.5 Å². The monoisotopic (exact) mass is 588 g/mol. The maximum Gasteiger partial charge on any atom is 0.338 e. The van der Waals surface area contributed by atoms with Crippen molar-refractivity contribution >= 4 is 51.0 Å². The van der Waals surface area contributed by atoms with Crippen LogP contribution in [0.4, 0.5) is 11.4 Å². The fourth-order valence-corrected chi connectivity index (χ4v) is 6.02. The first-order chi connectivity index (χ1) is 18.9. The first-order valence-electron chi connectivity index (χ1n) is 13.1. The molecule has 1 N–H and O–H groups in total. The molecular weight excluding hydrogens is 560 g/mol. The van der Waals surface area contributed by atoms with E-state index in [2.05, 4.69) is 33.4 Å². The molecule has 0 bridgehead atoms. The highest BCUT2D eigenvalue weighted by molar-refractivity contribution is 9.10. The van der Waals surface area contributed by atoms with Crippen LogP contribution in [0, 0.1) is 11.8 Å². The minimum absolute atomic E-state index is 0.163. The Bertz CT molecular complexity index is 1420. The predicted octanol–water partition coefficient (Wildman–Crippen LogP) is 5.88. The third-order valence-corrected chi connectivity index (χ3v) is 8.09. The van der Waals surface area contributed by atoms with E-state index in [9.17, 15) is 19.2 Å². The lowest BCUT2D eigenvalue weighted by atomic mass is 9.73. The van der Waals surface area contributed by atoms with Crippen molar-refractivity contribution in [1.82, 2.24) is 0 Å². The number of esters is 1. The lowest BCUT2D eigenvalue weighted by molar-refractivity contribution is -0.122. The highest BCUT2D eigenvalue weighted by Crippen LogP contribution is 2.45. The fraction of sp³-hybridized carbons (Fsp3) is 0.290. The van der Waals surface area contributed by atoms with Crippen molar-refractivity contribution in [1.29, 1.82) is 0 Å². The largest absolute Gasteiger partial charge is 0.452 e. The number of carbonyl (C=O) groups is 4. The number of imide groups is 1. The molecule has 7 nitrogen and oxygen atoms in total. The number of hydrogen-bond acceptors (Lipinski definition) is 5. The summed E-state index contributed by atoms with van der Waals surface area (Å²) in [6.45, 7) is 1.52. The Hall–Kier alpha value is -3.78. The molecule has 39 heavy (non-hydrogen) atoms. The number of nitrogens with one attached hydrogen (secondary N) is 1. The van der Waals surface area contributed by atoms with Crippen molar-refractivity contribution in [3.8, 4) is 0 Å². The molecular formula is C31H29BrN2O5. The van der Waals surface area contributed by atoms with Gasteiger partial charge in [-0.2, -0.15) is 0 Å². The van der Waals surface area contributed by atoms with Crippen LogP contribution in [-0.4, -0.2) is 30.3 Å². The van der Waals surface area contributed by atoms with Crippen molar-refractivity contribution < 1.29 is 23.9 Å². The van der Waals surface area contributed by atoms with Crippen LogP contribution in [0.1, 0.15) is 53.6 Å². The van der Waals surface area contributed by atoms with Gasteiger partial charge < -0.3 is 10.1 Å². The van der Waals surface area contributed by atoms with Crippen LogP contribution in [0.5, 0.6) is 0 Å². The summed E-state index contributed by atoms with van der Waals surface area (Å²) in [5, 5.41) is 2.77. The molecule has 2 aliphatic rings. The van der Waals surface area contributed by atoms with E-state index in [-0.39, 0.29) is 35.1 Å². The van der Waals surface area contributed by atoms with Crippen LogP contribution in [-0.2, 0) is 25.5 Å². The summed E-state index contributed by atoms with van der Waals surface area (Å²) in [5.41, 5.74) is 3.31. The highest BCUT2D eigenvalue weighted by Gasteiger charge is 2.50. The van der Waals surface area contributed by atoms with Crippen LogP contribution >= 0.6 is 15.9 Å². The molecule has 1 saturated carbocycles. The van der Waals surface area contributed by atoms with Gasteiger partial charge in [-0.3, -0.25) is 19.3 Å². The van der Waals surface area contributed by atoms with Crippen molar-refractivity contribution in [2.24, 2.45) is 11.8 Å². The molecule has 3 amide bonds. The van der Waals surface area contributed by atoms with Gasteiger partial charge in [0.05, 0.1) is 23.1 Å². The summed E-state index contributed by atoms with van der Waals surface area (Å²) in [6.07, 6.45) is 2.86. The smallest absolute Gasteiger partial charge is 0.338 e. The van der Waals surface area contributed by atoms with E-state index in [0.29, 0.717) is 24.2 Å². The minimum Gasteiger partial charge on any atom is -0.452 e. The molecule has 200 valence electrons. The third kappa shape index (κ3) is 5.66. The molecule has 1 heterocycles. The summed E-state index contributed by atoms with van der Waals surface area (Å²) < 4.78 is 6.15. The topological polar surface area (TPSA) is 92.8 Å². The lowest BCUT2D eigenvalue weighted by Gasteiger charge is -2.28. The van der Waals surface area contributed by atoms with Crippen molar-refractivity contribution in [3.63, 3.8) is 0 Å². The van der Waals surface area contributed by atoms with Gasteiger partial charge in [0.15, 0.2) is 6.61 Å².